The van der Waals surface area contributed by atoms with Crippen molar-refractivity contribution in [2.24, 2.45) is 0 Å². The van der Waals surface area contributed by atoms with Gasteiger partial charge in [-0.15, -0.1) is 0 Å². The molecule has 0 amide bonds. The summed E-state index contributed by atoms with van der Waals surface area (Å²) in [5.74, 6) is 1.53. The van der Waals surface area contributed by atoms with E-state index in [0.29, 0.717) is 5.92 Å². The summed E-state index contributed by atoms with van der Waals surface area (Å²) in [7, 11) is -6.11. The van der Waals surface area contributed by atoms with E-state index in [2.05, 4.69) is 146 Å². The van der Waals surface area contributed by atoms with E-state index < -0.39 is 15.6 Å². The molecule has 0 saturated carbocycles. The number of benzene rings is 6. The fourth-order valence-corrected chi connectivity index (χ4v) is 9.98. The van der Waals surface area contributed by atoms with Crippen molar-refractivity contribution in [1.29, 1.82) is 0 Å². The molecule has 3 unspecified atom stereocenters. The van der Waals surface area contributed by atoms with Gasteiger partial charge >= 0.3 is 5.51 Å². The number of rotatable bonds is 4. The van der Waals surface area contributed by atoms with Crippen LogP contribution < -0.4 is 0 Å². The van der Waals surface area contributed by atoms with E-state index in [1.54, 1.807) is 0 Å². The minimum atomic E-state index is -6.09. The minimum Gasteiger partial charge on any atom is -0.741 e. The van der Waals surface area contributed by atoms with Crippen LogP contribution >= 0.6 is 0 Å². The van der Waals surface area contributed by atoms with Crippen molar-refractivity contribution < 1.29 is 26.1 Å². The monoisotopic (exact) mass is 642 g/mol. The van der Waals surface area contributed by atoms with Crippen LogP contribution in [0, 0.1) is 0 Å². The molecule has 1 saturated heterocycles. The first-order chi connectivity index (χ1) is 21.6. The molecular weight excluding hydrogens is 614 g/mol. The highest BCUT2D eigenvalue weighted by Gasteiger charge is 2.62. The number of hydrogen-bond acceptors (Lipinski definition) is 3. The van der Waals surface area contributed by atoms with Crippen molar-refractivity contribution in [3.8, 4) is 0 Å². The topological polar surface area (TPSA) is 57.2 Å². The predicted molar refractivity (Wildman–Crippen MR) is 175 cm³/mol. The minimum absolute atomic E-state index is 0.0185. The van der Waals surface area contributed by atoms with Gasteiger partial charge in [0.2, 0.25) is 0 Å². The molecule has 45 heavy (non-hydrogen) atoms. The lowest BCUT2D eigenvalue weighted by atomic mass is 9.73. The van der Waals surface area contributed by atoms with E-state index in [-0.39, 0.29) is 15.6 Å². The van der Waals surface area contributed by atoms with Crippen LogP contribution in [0.2, 0.25) is 0 Å². The Morgan fingerprint density at radius 2 is 1.13 bits per heavy atom. The van der Waals surface area contributed by atoms with E-state index >= 15 is 0 Å². The molecule has 7 rings (SSSR count). The molecule has 8 heteroatoms. The van der Waals surface area contributed by atoms with Crippen LogP contribution in [-0.4, -0.2) is 24.2 Å². The summed E-state index contributed by atoms with van der Waals surface area (Å²) in [6.07, 6.45) is 1.16. The van der Waals surface area contributed by atoms with Gasteiger partial charge in [0, 0.05) is 34.4 Å². The lowest BCUT2D eigenvalue weighted by Crippen LogP contribution is -2.38. The number of hydrogen-bond donors (Lipinski definition) is 0. The summed E-state index contributed by atoms with van der Waals surface area (Å²) < 4.78 is 58.7. The van der Waals surface area contributed by atoms with E-state index in [4.69, 9.17) is 13.0 Å². The Morgan fingerprint density at radius 1 is 0.644 bits per heavy atom. The lowest BCUT2D eigenvalue weighted by molar-refractivity contribution is -0.0517. The molecule has 6 aromatic rings. The summed E-state index contributed by atoms with van der Waals surface area (Å²) in [4.78, 5) is 1.46. The van der Waals surface area contributed by atoms with Gasteiger partial charge in [-0.25, -0.2) is 8.42 Å². The second-order valence-corrected chi connectivity index (χ2v) is 14.5. The quantitative estimate of drug-likeness (QED) is 0.110. The van der Waals surface area contributed by atoms with Gasteiger partial charge in [0.1, 0.15) is 5.75 Å². The molecule has 6 aromatic carbocycles. The zero-order valence-corrected chi connectivity index (χ0v) is 25.7. The normalized spacial score (nSPS) is 20.1. The average Bonchev–Trinajstić information content (AvgIpc) is 3.45. The Kier molecular flexibility index (Phi) is 8.48. The summed E-state index contributed by atoms with van der Waals surface area (Å²) in [6, 6.07) is 54.4. The standard InChI is InChI=1S/C36H29S.CHF3O3S/c1-3-17-29(18-4-1)36(34-24-12-16-28-14-8-10-22-32(28)34)35(25-26-37(36)30-19-5-2-6-20-30)33-23-11-15-27-13-7-9-21-31(27)33;2-1(3,4)8(5,6)7/h1-24,35H,25-26H2;(H,5,6,7)/q+1;/p-1. The van der Waals surface area contributed by atoms with Crippen molar-refractivity contribution in [3.63, 3.8) is 0 Å². The van der Waals surface area contributed by atoms with E-state index in [1.807, 2.05) is 0 Å². The molecule has 1 aliphatic heterocycles. The highest BCUT2D eigenvalue weighted by molar-refractivity contribution is 7.98. The molecule has 3 atom stereocenters. The Bertz CT molecular complexity index is 2040. The van der Waals surface area contributed by atoms with Crippen LogP contribution in [0.5, 0.6) is 0 Å². The van der Waals surface area contributed by atoms with Crippen LogP contribution in [0.15, 0.2) is 150 Å². The Hall–Kier alpha value is -4.11. The first kappa shape index (κ1) is 30.9. The zero-order valence-electron chi connectivity index (χ0n) is 24.0. The third-order valence-electron chi connectivity index (χ3n) is 8.39. The molecule has 0 N–H and O–H groups in total. The number of halogens is 3. The van der Waals surface area contributed by atoms with Gasteiger partial charge in [-0.1, -0.05) is 133 Å². The molecule has 1 heterocycles. The smallest absolute Gasteiger partial charge is 0.485 e. The molecule has 0 spiro atoms. The maximum absolute atomic E-state index is 10.7. The molecular formula is C37H29F3O3S2. The summed E-state index contributed by atoms with van der Waals surface area (Å²) >= 11 is 0. The first-order valence-electron chi connectivity index (χ1n) is 14.4. The molecule has 0 aliphatic carbocycles. The second-order valence-electron chi connectivity index (χ2n) is 10.8. The zero-order chi connectivity index (χ0) is 31.7. The Labute approximate surface area is 263 Å². The maximum atomic E-state index is 10.7. The van der Waals surface area contributed by atoms with Crippen molar-refractivity contribution in [2.45, 2.75) is 27.5 Å². The Morgan fingerprint density at radius 3 is 1.76 bits per heavy atom. The maximum Gasteiger partial charge on any atom is 0.485 e. The third-order valence-corrected chi connectivity index (χ3v) is 12.0. The van der Waals surface area contributed by atoms with Crippen LogP contribution in [0.1, 0.15) is 29.0 Å². The molecule has 1 aliphatic rings. The van der Waals surface area contributed by atoms with Crippen molar-refractivity contribution in [3.05, 3.63) is 162 Å². The van der Waals surface area contributed by atoms with Crippen LogP contribution in [0.4, 0.5) is 13.2 Å². The molecule has 228 valence electrons. The largest absolute Gasteiger partial charge is 0.741 e. The molecule has 0 bridgehead atoms. The van der Waals surface area contributed by atoms with Gasteiger partial charge in [0.15, 0.2) is 19.8 Å². The van der Waals surface area contributed by atoms with Crippen molar-refractivity contribution >= 4 is 42.6 Å². The summed E-state index contributed by atoms with van der Waals surface area (Å²) in [5, 5.41) is 5.39. The van der Waals surface area contributed by atoms with E-state index in [1.165, 1.54) is 48.9 Å². The van der Waals surface area contributed by atoms with Gasteiger partial charge in [0.25, 0.3) is 0 Å². The molecule has 1 fully saturated rings. The fraction of sp³-hybridized carbons (Fsp3) is 0.135. The van der Waals surface area contributed by atoms with Gasteiger partial charge in [-0.05, 0) is 39.2 Å². The van der Waals surface area contributed by atoms with Crippen molar-refractivity contribution in [2.75, 3.05) is 5.75 Å². The summed E-state index contributed by atoms with van der Waals surface area (Å²) in [5.41, 5.74) is -1.29. The van der Waals surface area contributed by atoms with Crippen LogP contribution in [0.3, 0.4) is 0 Å². The average molecular weight is 643 g/mol. The van der Waals surface area contributed by atoms with Gasteiger partial charge in [0.05, 0.1) is 0 Å². The highest BCUT2D eigenvalue weighted by atomic mass is 32.2. The molecule has 0 aromatic heterocycles. The van der Waals surface area contributed by atoms with Gasteiger partial charge < -0.3 is 4.55 Å². The van der Waals surface area contributed by atoms with Crippen LogP contribution in [-0.2, 0) is 25.8 Å². The fourth-order valence-electron chi connectivity index (χ4n) is 6.64. The SMILES string of the molecule is O=S(=O)([O-])C(F)(F)F.c1ccc([S+]2CCC(c3cccc4ccccc34)C2(c2ccccc2)c2cccc3ccccc23)cc1. The van der Waals surface area contributed by atoms with Crippen LogP contribution in [0.25, 0.3) is 21.5 Å². The molecule has 0 radical (unpaired) electrons. The second kappa shape index (κ2) is 12.4. The highest BCUT2D eigenvalue weighted by Crippen LogP contribution is 2.60. The van der Waals surface area contributed by atoms with Crippen molar-refractivity contribution in [1.82, 2.24) is 0 Å². The van der Waals surface area contributed by atoms with Gasteiger partial charge in [-0.2, -0.15) is 13.2 Å². The van der Waals surface area contributed by atoms with E-state index in [0.717, 1.165) is 6.42 Å². The van der Waals surface area contributed by atoms with Gasteiger partial charge in [-0.3, -0.25) is 0 Å². The number of alkyl halides is 3. The number of fused-ring (bicyclic) bond motifs is 2. The molecule has 3 nitrogen and oxygen atoms in total. The first-order valence-corrected chi connectivity index (χ1v) is 17.2. The third kappa shape index (κ3) is 5.74. The summed E-state index contributed by atoms with van der Waals surface area (Å²) in [6.45, 7) is 0. The lowest BCUT2D eigenvalue weighted by Gasteiger charge is -2.36. The Balaban J connectivity index is 0.000000397. The van der Waals surface area contributed by atoms with E-state index in [9.17, 15) is 13.2 Å². The predicted octanol–water partition coefficient (Wildman–Crippen LogP) is 9.15.